The van der Waals surface area contributed by atoms with Gasteiger partial charge in [0.15, 0.2) is 10.5 Å². The number of hydrogen-bond acceptors (Lipinski definition) is 7. The Hall–Kier alpha value is -4.05. The Balaban J connectivity index is 1.34. The molecule has 206 valence electrons. The van der Waals surface area contributed by atoms with Crippen molar-refractivity contribution < 1.29 is 18.0 Å². The Morgan fingerprint density at radius 1 is 1.12 bits per heavy atom. The van der Waals surface area contributed by atoms with E-state index in [4.69, 9.17) is 0 Å². The van der Waals surface area contributed by atoms with Crippen molar-refractivity contribution >= 4 is 33.4 Å². The van der Waals surface area contributed by atoms with E-state index in [0.29, 0.717) is 34.8 Å². The maximum Gasteiger partial charge on any atom is 0.416 e. The highest BCUT2D eigenvalue weighted by Crippen LogP contribution is 2.34. The fraction of sp³-hybridized carbons (Fsp3) is 0.286. The van der Waals surface area contributed by atoms with Gasteiger partial charge in [0.1, 0.15) is 5.69 Å². The smallest absolute Gasteiger partial charge is 0.322 e. The lowest BCUT2D eigenvalue weighted by Gasteiger charge is -2.33. The summed E-state index contributed by atoms with van der Waals surface area (Å²) >= 11 is 0.951. The number of nitrogens with one attached hydrogen (secondary N) is 2. The average molecular weight is 567 g/mol. The first-order valence-electron chi connectivity index (χ1n) is 12.5. The normalized spacial score (nSPS) is 14.6. The SMILES string of the molecule is Cc1ccc(C(=O)Nc2ccc(CN3CCN(C)CC3)c(C(F)(F)F)c2)cc1C#Cc1cnc2sc(=O)[nH]c2n1. The largest absolute Gasteiger partial charge is 0.416 e. The molecule has 2 N–H and O–H groups in total. The Morgan fingerprint density at radius 3 is 2.65 bits per heavy atom. The van der Waals surface area contributed by atoms with Crippen LogP contribution < -0.4 is 10.2 Å². The molecule has 0 unspecified atom stereocenters. The lowest BCUT2D eigenvalue weighted by Crippen LogP contribution is -2.44. The molecular formula is C28H25F3N6O2S. The summed E-state index contributed by atoms with van der Waals surface area (Å²) in [7, 11) is 1.99. The van der Waals surface area contributed by atoms with Crippen molar-refractivity contribution in [1.82, 2.24) is 24.8 Å². The van der Waals surface area contributed by atoms with Crippen LogP contribution >= 0.6 is 11.3 Å². The number of rotatable bonds is 4. The molecule has 5 rings (SSSR count). The predicted molar refractivity (Wildman–Crippen MR) is 147 cm³/mol. The molecule has 0 saturated carbocycles. The number of thiazole rings is 1. The fourth-order valence-electron chi connectivity index (χ4n) is 4.34. The van der Waals surface area contributed by atoms with Crippen LogP contribution in [-0.2, 0) is 12.7 Å². The summed E-state index contributed by atoms with van der Waals surface area (Å²) in [5, 5.41) is 2.59. The molecule has 1 fully saturated rings. The number of piperazine rings is 1. The quantitative estimate of drug-likeness (QED) is 0.362. The number of amides is 1. The molecule has 1 aliphatic rings. The van der Waals surface area contributed by atoms with Gasteiger partial charge in [-0.2, -0.15) is 13.2 Å². The summed E-state index contributed by atoms with van der Waals surface area (Å²) in [6.07, 6.45) is -3.10. The molecule has 40 heavy (non-hydrogen) atoms. The summed E-state index contributed by atoms with van der Waals surface area (Å²) in [6, 6.07) is 8.79. The monoisotopic (exact) mass is 566 g/mol. The number of anilines is 1. The molecule has 12 heteroatoms. The second-order valence-corrected chi connectivity index (χ2v) is 10.6. The van der Waals surface area contributed by atoms with E-state index in [1.54, 1.807) is 18.2 Å². The third-order valence-corrected chi connectivity index (χ3v) is 7.42. The van der Waals surface area contributed by atoms with Gasteiger partial charge in [-0.15, -0.1) is 0 Å². The molecule has 0 aliphatic carbocycles. The van der Waals surface area contributed by atoms with E-state index >= 15 is 0 Å². The summed E-state index contributed by atoms with van der Waals surface area (Å²) in [6.45, 7) is 5.01. The lowest BCUT2D eigenvalue weighted by molar-refractivity contribution is -0.138. The van der Waals surface area contributed by atoms with Crippen molar-refractivity contribution in [3.8, 4) is 11.8 Å². The van der Waals surface area contributed by atoms with Crippen LogP contribution in [0.5, 0.6) is 0 Å². The van der Waals surface area contributed by atoms with Crippen LogP contribution in [0, 0.1) is 18.8 Å². The summed E-state index contributed by atoms with van der Waals surface area (Å²) in [4.78, 5) is 39.9. The molecule has 1 saturated heterocycles. The summed E-state index contributed by atoms with van der Waals surface area (Å²) in [5.74, 6) is 5.29. The van der Waals surface area contributed by atoms with Gasteiger partial charge < -0.3 is 10.2 Å². The topological polar surface area (TPSA) is 94.2 Å². The predicted octanol–water partition coefficient (Wildman–Crippen LogP) is 4.11. The third-order valence-electron chi connectivity index (χ3n) is 6.64. The molecule has 0 spiro atoms. The van der Waals surface area contributed by atoms with E-state index in [9.17, 15) is 22.8 Å². The van der Waals surface area contributed by atoms with Gasteiger partial charge in [0.25, 0.3) is 5.91 Å². The second-order valence-electron chi connectivity index (χ2n) is 9.61. The van der Waals surface area contributed by atoms with Gasteiger partial charge in [0.05, 0.1) is 11.8 Å². The molecule has 3 heterocycles. The number of nitrogens with zero attached hydrogens (tertiary/aromatic N) is 4. The molecule has 0 atom stereocenters. The molecule has 1 aliphatic heterocycles. The van der Waals surface area contributed by atoms with Gasteiger partial charge in [0.2, 0.25) is 0 Å². The van der Waals surface area contributed by atoms with Crippen molar-refractivity contribution in [3.63, 3.8) is 0 Å². The zero-order valence-corrected chi connectivity index (χ0v) is 22.5. The van der Waals surface area contributed by atoms with E-state index < -0.39 is 17.6 Å². The van der Waals surface area contributed by atoms with E-state index in [1.165, 1.54) is 18.3 Å². The zero-order chi connectivity index (χ0) is 28.4. The number of H-pyrrole nitrogens is 1. The van der Waals surface area contributed by atoms with Gasteiger partial charge in [-0.1, -0.05) is 29.4 Å². The Bertz CT molecular complexity index is 1690. The number of likely N-dealkylation sites (N-methyl/N-ethyl adjacent to an activating group) is 1. The standard InChI is InChI=1S/C28H25F3N6O2S/c1-17-3-4-19(13-18(17)5-8-22-15-32-26-24(33-22)35-27(39)40-26)25(38)34-21-7-6-20(23(14-21)28(29,30)31)16-37-11-9-36(2)10-12-37/h3-4,6-7,13-15H,9-12,16H2,1-2H3,(H,34,38)(H,33,35,39). The maximum absolute atomic E-state index is 13.9. The van der Waals surface area contributed by atoms with Crippen molar-refractivity contribution in [3.05, 3.63) is 85.8 Å². The van der Waals surface area contributed by atoms with Crippen LogP contribution in [0.15, 0.2) is 47.4 Å². The van der Waals surface area contributed by atoms with E-state index in [0.717, 1.165) is 36.1 Å². The van der Waals surface area contributed by atoms with Crippen molar-refractivity contribution in [2.45, 2.75) is 19.6 Å². The highest BCUT2D eigenvalue weighted by molar-refractivity contribution is 7.15. The minimum Gasteiger partial charge on any atom is -0.322 e. The first-order chi connectivity index (χ1) is 19.0. The number of halogens is 3. The first-order valence-corrected chi connectivity index (χ1v) is 13.3. The van der Waals surface area contributed by atoms with Crippen LogP contribution in [0.3, 0.4) is 0 Å². The molecular weight excluding hydrogens is 541 g/mol. The average Bonchev–Trinajstić information content (AvgIpc) is 3.29. The number of aromatic nitrogens is 3. The highest BCUT2D eigenvalue weighted by atomic mass is 32.1. The van der Waals surface area contributed by atoms with Crippen LogP contribution in [0.2, 0.25) is 0 Å². The van der Waals surface area contributed by atoms with Gasteiger partial charge in [-0.05, 0) is 55.3 Å². The third kappa shape index (κ3) is 6.39. The molecule has 0 bridgehead atoms. The molecule has 2 aromatic heterocycles. The van der Waals surface area contributed by atoms with Crippen LogP contribution in [-0.4, -0.2) is 63.9 Å². The van der Waals surface area contributed by atoms with Crippen LogP contribution in [0.25, 0.3) is 10.5 Å². The summed E-state index contributed by atoms with van der Waals surface area (Å²) in [5.41, 5.74) is 1.75. The number of hydrogen-bond donors (Lipinski definition) is 2. The second kappa shape index (κ2) is 11.2. The minimum atomic E-state index is -4.56. The molecule has 1 amide bonds. The number of aryl methyl sites for hydroxylation is 1. The Kier molecular flexibility index (Phi) is 7.71. The molecule has 8 nitrogen and oxygen atoms in total. The number of fused-ring (bicyclic) bond motifs is 1. The van der Waals surface area contributed by atoms with Gasteiger partial charge in [-0.3, -0.25) is 19.5 Å². The van der Waals surface area contributed by atoms with Crippen LogP contribution in [0.1, 0.15) is 38.3 Å². The number of carbonyl (C=O) groups excluding carboxylic acids is 1. The highest BCUT2D eigenvalue weighted by Gasteiger charge is 2.34. The summed E-state index contributed by atoms with van der Waals surface area (Å²) < 4.78 is 41.8. The number of benzene rings is 2. The number of alkyl halides is 3. The van der Waals surface area contributed by atoms with Gasteiger partial charge in [0, 0.05) is 49.5 Å². The first kappa shape index (κ1) is 27.5. The lowest BCUT2D eigenvalue weighted by atomic mass is 10.0. The fourth-order valence-corrected chi connectivity index (χ4v) is 4.96. The Labute approximate surface area is 231 Å². The van der Waals surface area contributed by atoms with Crippen molar-refractivity contribution in [2.75, 3.05) is 38.5 Å². The molecule has 4 aromatic rings. The minimum absolute atomic E-state index is 0.0565. The number of carbonyl (C=O) groups is 1. The van der Waals surface area contributed by atoms with E-state index in [2.05, 4.69) is 37.0 Å². The van der Waals surface area contributed by atoms with Crippen LogP contribution in [0.4, 0.5) is 18.9 Å². The maximum atomic E-state index is 13.9. The van der Waals surface area contributed by atoms with Gasteiger partial charge in [-0.25, -0.2) is 9.97 Å². The van der Waals surface area contributed by atoms with Crippen molar-refractivity contribution in [2.24, 2.45) is 0 Å². The van der Waals surface area contributed by atoms with Gasteiger partial charge >= 0.3 is 11.0 Å². The van der Waals surface area contributed by atoms with E-state index in [-0.39, 0.29) is 28.2 Å². The van der Waals surface area contributed by atoms with Crippen molar-refractivity contribution in [1.29, 1.82) is 0 Å². The van der Waals surface area contributed by atoms with E-state index in [1.807, 2.05) is 18.9 Å². The Morgan fingerprint density at radius 2 is 1.90 bits per heavy atom. The molecule has 0 radical (unpaired) electrons. The zero-order valence-electron chi connectivity index (χ0n) is 21.7. The number of aromatic amines is 1. The molecule has 2 aromatic carbocycles.